The zero-order valence-corrected chi connectivity index (χ0v) is 46.3. The maximum absolute atomic E-state index is 11.1. The first-order chi connectivity index (χ1) is 31.3. The van der Waals surface area contributed by atoms with E-state index in [0.29, 0.717) is 30.4 Å². The summed E-state index contributed by atoms with van der Waals surface area (Å²) in [6, 6.07) is 0.145. The van der Waals surface area contributed by atoms with Gasteiger partial charge in [-0.15, -0.1) is 0 Å². The second-order valence-corrected chi connectivity index (χ2v) is 21.9. The van der Waals surface area contributed by atoms with Gasteiger partial charge in [0.05, 0.1) is 70.9 Å². The molecule has 5 rings (SSSR count). The number of carbonyl (C=O) groups is 7. The summed E-state index contributed by atoms with van der Waals surface area (Å²) in [6.45, 7) is 31.0. The lowest BCUT2D eigenvalue weighted by molar-refractivity contribution is -0.164. The molecular formula is C51H88ClN3O14. The third-order valence-electron chi connectivity index (χ3n) is 15.4. The summed E-state index contributed by atoms with van der Waals surface area (Å²) in [5.41, 5.74) is 6.80. The van der Waals surface area contributed by atoms with Crippen LogP contribution in [0.2, 0.25) is 0 Å². The Balaban J connectivity index is 0. The van der Waals surface area contributed by atoms with E-state index in [9.17, 15) is 33.6 Å². The molecule has 0 aromatic carbocycles. The molecule has 4 N–H and O–H groups in total. The van der Waals surface area contributed by atoms with Crippen molar-refractivity contribution < 1.29 is 67.6 Å². The van der Waals surface area contributed by atoms with Crippen LogP contribution in [-0.4, -0.2) is 118 Å². The Morgan fingerprint density at radius 2 is 1.01 bits per heavy atom. The number of ether oxygens (including phenoxy) is 5. The molecule has 0 saturated heterocycles. The number of nitrogens with two attached hydrogens (primary N) is 1. The average molecular weight is 1000 g/mol. The lowest BCUT2D eigenvalue weighted by atomic mass is 9.55. The second-order valence-electron chi connectivity index (χ2n) is 21.5. The third-order valence-corrected chi connectivity index (χ3v) is 16.1. The van der Waals surface area contributed by atoms with Gasteiger partial charge >= 0.3 is 35.8 Å². The zero-order chi connectivity index (χ0) is 55.0. The highest BCUT2D eigenvalue weighted by Crippen LogP contribution is 2.52. The number of aliphatic carboxylic acids is 1. The maximum atomic E-state index is 11.1. The molecule has 0 aliphatic heterocycles. The molecule has 0 spiro atoms. The summed E-state index contributed by atoms with van der Waals surface area (Å²) in [7, 11) is 10.8. The van der Waals surface area contributed by atoms with Gasteiger partial charge < -0.3 is 44.6 Å². The monoisotopic (exact) mass is 1000 g/mol. The largest absolute Gasteiger partial charge is 0.481 e. The molecule has 5 aliphatic carbocycles. The van der Waals surface area contributed by atoms with E-state index in [0.717, 1.165) is 36.1 Å². The van der Waals surface area contributed by atoms with Crippen LogP contribution < -0.4 is 5.73 Å². The van der Waals surface area contributed by atoms with Gasteiger partial charge in [-0.3, -0.25) is 28.8 Å². The van der Waals surface area contributed by atoms with Crippen molar-refractivity contribution in [1.82, 2.24) is 4.90 Å². The molecule has 8 atom stereocenters. The number of carboxylic acids is 1. The smallest absolute Gasteiger partial charge is 0.329 e. The normalized spacial score (nSPS) is 27.3. The van der Waals surface area contributed by atoms with Crippen molar-refractivity contribution in [3.05, 3.63) is 23.4 Å². The Morgan fingerprint density at radius 3 is 1.19 bits per heavy atom. The van der Waals surface area contributed by atoms with E-state index in [4.69, 9.17) is 32.4 Å². The SMILES string of the molecule is C=CC(=O)OC.CC(C)=C(Cl)N(C)C.CC1CC(C(=O)O)C1(C)C.COC(=O)C1C/C(=N/O)C1(C)C.COC(=O)C1CC(=O)C1(C)C.COC(=O)C1CC(C)C1(C)C.COC(=O)C1CC(N)C1(C)C. The van der Waals surface area contributed by atoms with Gasteiger partial charge in [0.2, 0.25) is 0 Å². The molecule has 0 aromatic rings. The van der Waals surface area contributed by atoms with E-state index in [1.54, 1.807) is 13.8 Å². The van der Waals surface area contributed by atoms with Crippen molar-refractivity contribution in [3.63, 3.8) is 0 Å². The number of carboxylic acid groups (broad SMARTS) is 1. The van der Waals surface area contributed by atoms with E-state index in [1.165, 1.54) is 35.5 Å². The molecule has 5 aliphatic rings. The lowest BCUT2D eigenvalue weighted by Crippen LogP contribution is -2.57. The Bertz CT molecular complexity index is 1810. The van der Waals surface area contributed by atoms with Gasteiger partial charge in [0.25, 0.3) is 0 Å². The molecule has 17 nitrogen and oxygen atoms in total. The van der Waals surface area contributed by atoms with Gasteiger partial charge in [-0.05, 0) is 66.8 Å². The number of ketones is 1. The van der Waals surface area contributed by atoms with Crippen LogP contribution in [0, 0.1) is 68.5 Å². The lowest BCUT2D eigenvalue weighted by Gasteiger charge is -2.48. The highest BCUT2D eigenvalue weighted by atomic mass is 35.5. The van der Waals surface area contributed by atoms with Gasteiger partial charge in [0.15, 0.2) is 0 Å². The maximum Gasteiger partial charge on any atom is 0.329 e. The fraction of sp³-hybridized carbons (Fsp3) is 0.765. The van der Waals surface area contributed by atoms with Gasteiger partial charge in [-0.1, -0.05) is 106 Å². The molecule has 0 aromatic heterocycles. The minimum absolute atomic E-state index is 0.00231. The van der Waals surface area contributed by atoms with Crippen molar-refractivity contribution >= 4 is 58.9 Å². The minimum atomic E-state index is -0.636. The first kappa shape index (κ1) is 66.6. The summed E-state index contributed by atoms with van der Waals surface area (Å²) < 4.78 is 22.6. The van der Waals surface area contributed by atoms with Crippen LogP contribution in [0.5, 0.6) is 0 Å². The van der Waals surface area contributed by atoms with E-state index < -0.39 is 17.4 Å². The predicted octanol–water partition coefficient (Wildman–Crippen LogP) is 8.32. The van der Waals surface area contributed by atoms with Crippen LogP contribution in [0.3, 0.4) is 0 Å². The number of esters is 5. The van der Waals surface area contributed by atoms with Crippen molar-refractivity contribution in [1.29, 1.82) is 0 Å². The minimum Gasteiger partial charge on any atom is -0.481 e. The second kappa shape index (κ2) is 27.8. The average Bonchev–Trinajstić information content (AvgIpc) is 3.29. The van der Waals surface area contributed by atoms with Crippen molar-refractivity contribution in [2.75, 3.05) is 49.6 Å². The molecule has 8 unspecified atom stereocenters. The Labute approximate surface area is 417 Å². The number of methoxy groups -OCH3 is 5. The number of oxime groups is 1. The van der Waals surface area contributed by atoms with Crippen LogP contribution in [0.4, 0.5) is 0 Å². The van der Waals surface area contributed by atoms with Gasteiger partial charge in [0, 0.05) is 49.9 Å². The summed E-state index contributed by atoms with van der Waals surface area (Å²) in [6.07, 6.45) is 4.57. The summed E-state index contributed by atoms with van der Waals surface area (Å²) >= 11 is 5.76. The highest BCUT2D eigenvalue weighted by molar-refractivity contribution is 6.29. The number of Topliss-reactive ketones (excluding diaryl/α,β-unsaturated/α-hetero) is 1. The number of hydrogen-bond donors (Lipinski definition) is 3. The Hall–Kier alpha value is -4.51. The van der Waals surface area contributed by atoms with Crippen molar-refractivity contribution in [2.45, 2.75) is 135 Å². The molecule has 0 heterocycles. The zero-order valence-electron chi connectivity index (χ0n) is 45.6. The highest BCUT2D eigenvalue weighted by Gasteiger charge is 2.53. The Morgan fingerprint density at radius 1 is 0.652 bits per heavy atom. The fourth-order valence-electron chi connectivity index (χ4n) is 8.04. The topological polar surface area (TPSA) is 248 Å². The number of carbonyl (C=O) groups excluding carboxylic acids is 6. The van der Waals surface area contributed by atoms with Crippen molar-refractivity contribution in [3.8, 4) is 0 Å². The van der Waals surface area contributed by atoms with Crippen molar-refractivity contribution in [2.24, 2.45) is 79.4 Å². The van der Waals surface area contributed by atoms with Gasteiger partial charge in [0.1, 0.15) is 10.9 Å². The molecule has 69 heavy (non-hydrogen) atoms. The number of allylic oxidation sites excluding steroid dienone is 1. The molecule has 398 valence electrons. The number of hydrogen-bond acceptors (Lipinski definition) is 16. The van der Waals surface area contributed by atoms with E-state index in [2.05, 4.69) is 58.4 Å². The number of nitrogens with zero attached hydrogens (tertiary/aromatic N) is 2. The molecule has 0 radical (unpaired) electrons. The van der Waals surface area contributed by atoms with Crippen LogP contribution >= 0.6 is 11.6 Å². The van der Waals surface area contributed by atoms with Gasteiger partial charge in [-0.2, -0.15) is 0 Å². The van der Waals surface area contributed by atoms with Crippen LogP contribution in [0.25, 0.3) is 0 Å². The van der Waals surface area contributed by atoms with Crippen LogP contribution in [0.15, 0.2) is 28.5 Å². The fourth-order valence-corrected chi connectivity index (χ4v) is 8.04. The summed E-state index contributed by atoms with van der Waals surface area (Å²) in [5, 5.41) is 21.2. The predicted molar refractivity (Wildman–Crippen MR) is 266 cm³/mol. The standard InChI is InChI=1S/C9H16O2.C8H13NO3.C8H15NO2.C8H12O3.C8H14O2.C6H12ClN.C4H6O2/c1-6-5-7(8(10)11-4)9(6,2)3;1-8(2)5(7(10)12-3)4-6(8)9-11;2*1-8(2)5(4-6(8)9)7(10)11-3;1-5-4-6(7(9)10)8(5,2)3;1-5(2)6(7)8(3)4;1-3-4(5)6-2/h6-7H,5H2,1-4H3;5,11H,4H2,1-3H3;5-6H,4,9H2,1-3H3;5H,4H2,1-3H3;5-6H,4H2,1-3H3,(H,9,10);1-4H3;3H,1H2,2H3/b;9-6-;;;;;. The number of rotatable bonds is 7. The molecule has 18 heteroatoms. The molecular weight excluding hydrogens is 914 g/mol. The van der Waals surface area contributed by atoms with Crippen LogP contribution in [-0.2, 0) is 57.2 Å². The van der Waals surface area contributed by atoms with E-state index in [-0.39, 0.29) is 87.0 Å². The first-order valence-electron chi connectivity index (χ1n) is 23.1. The summed E-state index contributed by atoms with van der Waals surface area (Å²) in [5.74, 6) is -0.709. The number of halogens is 1. The van der Waals surface area contributed by atoms with E-state index >= 15 is 0 Å². The molecule has 5 fully saturated rings. The quantitative estimate of drug-likeness (QED) is 0.0542. The Kier molecular flexibility index (Phi) is 26.8. The molecule has 5 saturated carbocycles. The molecule has 0 bridgehead atoms. The van der Waals surface area contributed by atoms with Crippen LogP contribution in [0.1, 0.15) is 129 Å². The first-order valence-corrected chi connectivity index (χ1v) is 23.5. The summed E-state index contributed by atoms with van der Waals surface area (Å²) in [4.78, 5) is 77.5. The third kappa shape index (κ3) is 17.4. The van der Waals surface area contributed by atoms with E-state index in [1.807, 2.05) is 74.4 Å². The van der Waals surface area contributed by atoms with Gasteiger partial charge in [-0.25, -0.2) is 4.79 Å². The molecule has 0 amide bonds.